The lowest BCUT2D eigenvalue weighted by Crippen LogP contribution is -2.20. The predicted octanol–water partition coefficient (Wildman–Crippen LogP) is 4.25. The van der Waals surface area contributed by atoms with E-state index in [4.69, 9.17) is 4.74 Å². The molecule has 0 unspecified atom stereocenters. The number of carbonyl (C=O) groups is 1. The third kappa shape index (κ3) is 4.84. The lowest BCUT2D eigenvalue weighted by molar-refractivity contribution is -0.0498. The molecule has 0 heterocycles. The molecular formula is C16H16F2N2O3. The largest absolute Gasteiger partial charge is 0.497 e. The Hall–Kier alpha value is -2.83. The van der Waals surface area contributed by atoms with Crippen molar-refractivity contribution in [3.05, 3.63) is 48.0 Å². The first-order chi connectivity index (χ1) is 11.0. The fraction of sp³-hybridized carbons (Fsp3) is 0.188. The number of urea groups is 1. The zero-order valence-corrected chi connectivity index (χ0v) is 12.6. The molecule has 0 aliphatic heterocycles. The lowest BCUT2D eigenvalue weighted by atomic mass is 10.2. The molecule has 5 nitrogen and oxygen atoms in total. The van der Waals surface area contributed by atoms with E-state index in [1.807, 2.05) is 0 Å². The minimum absolute atomic E-state index is 0.0404. The average Bonchev–Trinajstić information content (AvgIpc) is 2.50. The summed E-state index contributed by atoms with van der Waals surface area (Å²) < 4.78 is 33.6. The van der Waals surface area contributed by atoms with Crippen molar-refractivity contribution in [2.45, 2.75) is 13.5 Å². The number of amides is 2. The molecule has 0 saturated carbocycles. The number of hydrogen-bond donors (Lipinski definition) is 2. The molecular weight excluding hydrogens is 306 g/mol. The molecule has 122 valence electrons. The Morgan fingerprint density at radius 2 is 1.70 bits per heavy atom. The predicted molar refractivity (Wildman–Crippen MR) is 83.4 cm³/mol. The summed E-state index contributed by atoms with van der Waals surface area (Å²) in [5.41, 5.74) is 1.70. The van der Waals surface area contributed by atoms with Gasteiger partial charge in [-0.15, -0.1) is 0 Å². The number of nitrogens with one attached hydrogen (secondary N) is 2. The van der Waals surface area contributed by atoms with E-state index in [1.165, 1.54) is 18.2 Å². The van der Waals surface area contributed by atoms with Gasteiger partial charge in [0.2, 0.25) is 0 Å². The molecule has 2 amide bonds. The highest BCUT2D eigenvalue weighted by molar-refractivity contribution is 6.00. The molecule has 2 aromatic carbocycles. The lowest BCUT2D eigenvalue weighted by Gasteiger charge is -2.12. The van der Waals surface area contributed by atoms with E-state index < -0.39 is 12.6 Å². The van der Waals surface area contributed by atoms with Crippen LogP contribution in [0, 0.1) is 6.92 Å². The molecule has 2 rings (SSSR count). The molecule has 23 heavy (non-hydrogen) atoms. The van der Waals surface area contributed by atoms with E-state index in [2.05, 4.69) is 15.4 Å². The van der Waals surface area contributed by atoms with Crippen LogP contribution in [-0.2, 0) is 0 Å². The first-order valence-electron chi connectivity index (χ1n) is 6.75. The van der Waals surface area contributed by atoms with Gasteiger partial charge in [-0.1, -0.05) is 0 Å². The molecule has 0 fully saturated rings. The van der Waals surface area contributed by atoms with Crippen LogP contribution in [0.15, 0.2) is 42.5 Å². The number of aryl methyl sites for hydroxylation is 1. The number of benzene rings is 2. The van der Waals surface area contributed by atoms with Gasteiger partial charge in [0, 0.05) is 11.4 Å². The van der Waals surface area contributed by atoms with E-state index in [0.29, 0.717) is 22.7 Å². The maximum atomic E-state index is 12.1. The summed E-state index contributed by atoms with van der Waals surface area (Å²) >= 11 is 0. The zero-order chi connectivity index (χ0) is 16.8. The Labute approximate surface area is 132 Å². The molecule has 0 aliphatic rings. The standard InChI is InChI=1S/C16H16F2N2O3/c1-10-9-13(23-15(17)18)7-8-14(10)20-16(21)19-11-3-5-12(22-2)6-4-11/h3-9,15H,1-2H3,(H2,19,20,21). The van der Waals surface area contributed by atoms with Crippen LogP contribution in [0.25, 0.3) is 0 Å². The summed E-state index contributed by atoms with van der Waals surface area (Å²) in [6, 6.07) is 10.7. The van der Waals surface area contributed by atoms with Crippen molar-refractivity contribution in [1.82, 2.24) is 0 Å². The smallest absolute Gasteiger partial charge is 0.387 e. The maximum absolute atomic E-state index is 12.1. The van der Waals surface area contributed by atoms with E-state index in [9.17, 15) is 13.6 Å². The molecule has 0 radical (unpaired) electrons. The molecule has 0 atom stereocenters. The van der Waals surface area contributed by atoms with Crippen LogP contribution >= 0.6 is 0 Å². The monoisotopic (exact) mass is 322 g/mol. The molecule has 2 aromatic rings. The highest BCUT2D eigenvalue weighted by Crippen LogP contribution is 2.23. The fourth-order valence-electron chi connectivity index (χ4n) is 1.91. The third-order valence-corrected chi connectivity index (χ3v) is 3.02. The molecule has 2 N–H and O–H groups in total. The number of methoxy groups -OCH3 is 1. The summed E-state index contributed by atoms with van der Waals surface area (Å²) in [4.78, 5) is 11.9. The zero-order valence-electron chi connectivity index (χ0n) is 12.6. The fourth-order valence-corrected chi connectivity index (χ4v) is 1.91. The van der Waals surface area contributed by atoms with Crippen molar-refractivity contribution in [2.75, 3.05) is 17.7 Å². The molecule has 0 spiro atoms. The topological polar surface area (TPSA) is 59.6 Å². The Bertz CT molecular complexity index is 676. The summed E-state index contributed by atoms with van der Waals surface area (Å²) in [7, 11) is 1.55. The second-order valence-electron chi connectivity index (χ2n) is 4.66. The Morgan fingerprint density at radius 1 is 1.04 bits per heavy atom. The van der Waals surface area contributed by atoms with Gasteiger partial charge in [-0.2, -0.15) is 8.78 Å². The summed E-state index contributed by atoms with van der Waals surface area (Å²) in [6.07, 6.45) is 0. The number of alkyl halides is 2. The Kier molecular flexibility index (Phi) is 5.35. The van der Waals surface area contributed by atoms with E-state index in [0.717, 1.165) is 0 Å². The molecule has 0 aliphatic carbocycles. The number of hydrogen-bond acceptors (Lipinski definition) is 3. The number of ether oxygens (including phenoxy) is 2. The number of carbonyl (C=O) groups excluding carboxylic acids is 1. The highest BCUT2D eigenvalue weighted by atomic mass is 19.3. The number of anilines is 2. The second kappa shape index (κ2) is 7.44. The van der Waals surface area contributed by atoms with E-state index >= 15 is 0 Å². The van der Waals surface area contributed by atoms with Crippen LogP contribution in [0.5, 0.6) is 11.5 Å². The van der Waals surface area contributed by atoms with Crippen LogP contribution in [0.4, 0.5) is 25.0 Å². The van der Waals surface area contributed by atoms with Crippen LogP contribution in [0.1, 0.15) is 5.56 Å². The Balaban J connectivity index is 1.99. The Morgan fingerprint density at radius 3 is 2.26 bits per heavy atom. The first-order valence-corrected chi connectivity index (χ1v) is 6.75. The maximum Gasteiger partial charge on any atom is 0.387 e. The van der Waals surface area contributed by atoms with Crippen LogP contribution in [-0.4, -0.2) is 19.8 Å². The SMILES string of the molecule is COc1ccc(NC(=O)Nc2ccc(OC(F)F)cc2C)cc1. The minimum Gasteiger partial charge on any atom is -0.497 e. The second-order valence-corrected chi connectivity index (χ2v) is 4.66. The molecule has 7 heteroatoms. The van der Waals surface area contributed by atoms with Crippen LogP contribution in [0.3, 0.4) is 0 Å². The van der Waals surface area contributed by atoms with Crippen molar-refractivity contribution >= 4 is 17.4 Å². The van der Waals surface area contributed by atoms with Gasteiger partial charge in [-0.3, -0.25) is 0 Å². The first kappa shape index (κ1) is 16.5. The van der Waals surface area contributed by atoms with Crippen LogP contribution in [0.2, 0.25) is 0 Å². The van der Waals surface area contributed by atoms with Gasteiger partial charge in [0.25, 0.3) is 0 Å². The number of halogens is 2. The summed E-state index contributed by atoms with van der Waals surface area (Å²) in [5.74, 6) is 0.722. The van der Waals surface area contributed by atoms with Gasteiger partial charge < -0.3 is 20.1 Å². The van der Waals surface area contributed by atoms with E-state index in [-0.39, 0.29) is 5.75 Å². The minimum atomic E-state index is -2.88. The van der Waals surface area contributed by atoms with Gasteiger partial charge in [-0.25, -0.2) is 4.79 Å². The van der Waals surface area contributed by atoms with Gasteiger partial charge in [-0.05, 0) is 55.0 Å². The quantitative estimate of drug-likeness (QED) is 0.865. The third-order valence-electron chi connectivity index (χ3n) is 3.02. The molecule has 0 saturated heterocycles. The van der Waals surface area contributed by atoms with Crippen molar-refractivity contribution < 1.29 is 23.0 Å². The highest BCUT2D eigenvalue weighted by Gasteiger charge is 2.09. The van der Waals surface area contributed by atoms with Gasteiger partial charge in [0.15, 0.2) is 0 Å². The molecule has 0 bridgehead atoms. The van der Waals surface area contributed by atoms with Gasteiger partial charge >= 0.3 is 12.6 Å². The van der Waals surface area contributed by atoms with Gasteiger partial charge in [0.1, 0.15) is 11.5 Å². The van der Waals surface area contributed by atoms with Gasteiger partial charge in [0.05, 0.1) is 7.11 Å². The normalized spacial score (nSPS) is 10.3. The molecule has 0 aromatic heterocycles. The average molecular weight is 322 g/mol. The van der Waals surface area contributed by atoms with Crippen molar-refractivity contribution in [3.8, 4) is 11.5 Å². The van der Waals surface area contributed by atoms with Crippen molar-refractivity contribution in [2.24, 2.45) is 0 Å². The summed E-state index contributed by atoms with van der Waals surface area (Å²) in [5, 5.41) is 5.30. The van der Waals surface area contributed by atoms with Crippen molar-refractivity contribution in [3.63, 3.8) is 0 Å². The van der Waals surface area contributed by atoms with Crippen LogP contribution < -0.4 is 20.1 Å². The van der Waals surface area contributed by atoms with E-state index in [1.54, 1.807) is 38.3 Å². The number of rotatable bonds is 5. The van der Waals surface area contributed by atoms with Crippen molar-refractivity contribution in [1.29, 1.82) is 0 Å². The summed E-state index contributed by atoms with van der Waals surface area (Å²) in [6.45, 7) is -1.20.